The van der Waals surface area contributed by atoms with Gasteiger partial charge in [-0.15, -0.1) is 0 Å². The second kappa shape index (κ2) is 4.88. The van der Waals surface area contributed by atoms with Crippen LogP contribution in [0.5, 0.6) is 17.4 Å². The number of rotatable bonds is 4. The van der Waals surface area contributed by atoms with Crippen LogP contribution in [0, 0.1) is 0 Å². The Balaban J connectivity index is 1.93. The largest absolute Gasteiger partial charge is 0.506 e. The molecule has 3 rings (SSSR count). The third-order valence-corrected chi connectivity index (χ3v) is 2.71. The summed E-state index contributed by atoms with van der Waals surface area (Å²) in [6.45, 7) is 0. The number of aromatic hydroxyl groups is 1. The van der Waals surface area contributed by atoms with Crippen molar-refractivity contribution < 1.29 is 14.6 Å². The number of benzene rings is 1. The van der Waals surface area contributed by atoms with Crippen molar-refractivity contribution in [2.45, 2.75) is 0 Å². The van der Waals surface area contributed by atoms with Gasteiger partial charge in [0.2, 0.25) is 12.3 Å². The fraction of sp³-hybridized carbons (Fsp3) is 0. The van der Waals surface area contributed by atoms with Crippen molar-refractivity contribution in [1.82, 2.24) is 15.0 Å². The maximum Gasteiger partial charge on any atom is 0.247 e. The Kier molecular flexibility index (Phi) is 2.92. The average Bonchev–Trinajstić information content (AvgIpc) is 2.91. The highest BCUT2D eigenvalue weighted by Crippen LogP contribution is 2.31. The highest BCUT2D eigenvalue weighted by atomic mass is 16.5. The number of hydrogen-bond donors (Lipinski definition) is 3. The smallest absolute Gasteiger partial charge is 0.247 e. The Hall–Kier alpha value is -3.09. The van der Waals surface area contributed by atoms with Crippen LogP contribution in [0.4, 0.5) is 5.69 Å². The minimum Gasteiger partial charge on any atom is -0.506 e. The molecule has 0 radical (unpaired) electrons. The van der Waals surface area contributed by atoms with E-state index in [9.17, 15) is 9.90 Å². The molecule has 100 valence electrons. The number of aromatic amines is 1. The first kappa shape index (κ1) is 12.0. The van der Waals surface area contributed by atoms with Gasteiger partial charge in [-0.3, -0.25) is 4.79 Å². The molecule has 0 saturated heterocycles. The minimum atomic E-state index is -0.0913. The zero-order valence-electron chi connectivity index (χ0n) is 10.2. The van der Waals surface area contributed by atoms with Gasteiger partial charge in [0.05, 0.1) is 11.2 Å². The Morgan fingerprint density at radius 3 is 3.00 bits per heavy atom. The molecule has 20 heavy (non-hydrogen) atoms. The zero-order chi connectivity index (χ0) is 13.9. The summed E-state index contributed by atoms with van der Waals surface area (Å²) in [6.07, 6.45) is 3.62. The molecule has 0 fully saturated rings. The number of ether oxygens (including phenoxy) is 1. The van der Waals surface area contributed by atoms with Gasteiger partial charge in [-0.2, -0.15) is 4.98 Å². The van der Waals surface area contributed by atoms with Crippen LogP contribution in [-0.4, -0.2) is 26.5 Å². The first-order chi connectivity index (χ1) is 9.78. The minimum absolute atomic E-state index is 0.0913. The number of amides is 1. The molecule has 1 aromatic carbocycles. The van der Waals surface area contributed by atoms with E-state index in [4.69, 9.17) is 4.74 Å². The van der Waals surface area contributed by atoms with Gasteiger partial charge in [-0.25, -0.2) is 4.98 Å². The SMILES string of the molecule is O=CNc1ccc(Oc2ncnc3cc[nH]c23)cc1O. The number of anilines is 1. The highest BCUT2D eigenvalue weighted by Gasteiger charge is 2.08. The predicted octanol–water partition coefficient (Wildman–Crippen LogP) is 2.02. The summed E-state index contributed by atoms with van der Waals surface area (Å²) < 4.78 is 5.61. The van der Waals surface area contributed by atoms with Crippen LogP contribution in [0.2, 0.25) is 0 Å². The molecule has 7 nitrogen and oxygen atoms in total. The summed E-state index contributed by atoms with van der Waals surface area (Å²) >= 11 is 0. The van der Waals surface area contributed by atoms with Crippen molar-refractivity contribution in [2.24, 2.45) is 0 Å². The molecule has 0 aliphatic heterocycles. The monoisotopic (exact) mass is 270 g/mol. The Morgan fingerprint density at radius 1 is 1.30 bits per heavy atom. The zero-order valence-corrected chi connectivity index (χ0v) is 10.2. The summed E-state index contributed by atoms with van der Waals surface area (Å²) in [7, 11) is 0. The van der Waals surface area contributed by atoms with Crippen LogP contribution in [0.3, 0.4) is 0 Å². The van der Waals surface area contributed by atoms with Gasteiger partial charge in [0.25, 0.3) is 0 Å². The molecule has 0 bridgehead atoms. The van der Waals surface area contributed by atoms with Gasteiger partial charge in [-0.1, -0.05) is 0 Å². The number of nitrogens with one attached hydrogen (secondary N) is 2. The maximum atomic E-state index is 10.3. The lowest BCUT2D eigenvalue weighted by Crippen LogP contribution is -1.95. The molecule has 0 aliphatic carbocycles. The molecular formula is C13H10N4O3. The van der Waals surface area contributed by atoms with Crippen molar-refractivity contribution in [3.05, 3.63) is 36.8 Å². The van der Waals surface area contributed by atoms with Gasteiger partial charge >= 0.3 is 0 Å². The number of H-pyrrole nitrogens is 1. The van der Waals surface area contributed by atoms with E-state index in [1.54, 1.807) is 18.3 Å². The van der Waals surface area contributed by atoms with Crippen molar-refractivity contribution >= 4 is 23.1 Å². The molecule has 0 spiro atoms. The fourth-order valence-corrected chi connectivity index (χ4v) is 1.80. The summed E-state index contributed by atoms with van der Waals surface area (Å²) in [5, 5.41) is 12.1. The molecule has 1 amide bonds. The van der Waals surface area contributed by atoms with Crippen LogP contribution in [0.1, 0.15) is 0 Å². The van der Waals surface area contributed by atoms with Crippen LogP contribution < -0.4 is 10.1 Å². The lowest BCUT2D eigenvalue weighted by molar-refractivity contribution is -0.105. The van der Waals surface area contributed by atoms with E-state index < -0.39 is 0 Å². The Labute approximate surface area is 113 Å². The summed E-state index contributed by atoms with van der Waals surface area (Å²) in [6, 6.07) is 6.34. The fourth-order valence-electron chi connectivity index (χ4n) is 1.80. The molecular weight excluding hydrogens is 260 g/mol. The standard InChI is InChI=1S/C13H10N4O3/c18-7-17-9-2-1-8(5-11(9)19)20-13-12-10(3-4-14-12)15-6-16-13/h1-7,14,19H,(H,17,18). The summed E-state index contributed by atoms with van der Waals surface area (Å²) in [5.74, 6) is 0.662. The van der Waals surface area contributed by atoms with E-state index >= 15 is 0 Å². The topological polar surface area (TPSA) is 100 Å². The molecule has 3 aromatic rings. The van der Waals surface area contributed by atoms with Crippen LogP contribution in [-0.2, 0) is 4.79 Å². The second-order valence-corrected chi connectivity index (χ2v) is 3.96. The Bertz CT molecular complexity index is 769. The first-order valence-corrected chi connectivity index (χ1v) is 5.77. The molecule has 2 aromatic heterocycles. The second-order valence-electron chi connectivity index (χ2n) is 3.96. The summed E-state index contributed by atoms with van der Waals surface area (Å²) in [5.41, 5.74) is 1.71. The number of phenolic OH excluding ortho intramolecular Hbond substituents is 1. The van der Waals surface area contributed by atoms with E-state index in [2.05, 4.69) is 20.3 Å². The molecule has 0 unspecified atom stereocenters. The average molecular weight is 270 g/mol. The Morgan fingerprint density at radius 2 is 2.20 bits per heavy atom. The third kappa shape index (κ3) is 2.12. The normalized spacial score (nSPS) is 10.4. The van der Waals surface area contributed by atoms with E-state index in [0.717, 1.165) is 5.52 Å². The lowest BCUT2D eigenvalue weighted by atomic mass is 10.3. The van der Waals surface area contributed by atoms with Crippen molar-refractivity contribution in [2.75, 3.05) is 5.32 Å². The molecule has 0 saturated carbocycles. The van der Waals surface area contributed by atoms with Gasteiger partial charge in [0.15, 0.2) is 0 Å². The van der Waals surface area contributed by atoms with Crippen molar-refractivity contribution in [1.29, 1.82) is 0 Å². The predicted molar refractivity (Wildman–Crippen MR) is 71.8 cm³/mol. The maximum absolute atomic E-state index is 10.3. The number of fused-ring (bicyclic) bond motifs is 1. The first-order valence-electron chi connectivity index (χ1n) is 5.77. The van der Waals surface area contributed by atoms with Crippen LogP contribution in [0.25, 0.3) is 11.0 Å². The molecule has 0 atom stereocenters. The number of aromatic nitrogens is 3. The third-order valence-electron chi connectivity index (χ3n) is 2.71. The van der Waals surface area contributed by atoms with E-state index in [1.807, 2.05) is 0 Å². The van der Waals surface area contributed by atoms with Crippen molar-refractivity contribution in [3.63, 3.8) is 0 Å². The van der Waals surface area contributed by atoms with Crippen LogP contribution >= 0.6 is 0 Å². The number of nitrogens with zero attached hydrogens (tertiary/aromatic N) is 2. The number of carbonyl (C=O) groups is 1. The van der Waals surface area contributed by atoms with E-state index in [-0.39, 0.29) is 5.75 Å². The van der Waals surface area contributed by atoms with Crippen LogP contribution in [0.15, 0.2) is 36.8 Å². The number of carbonyl (C=O) groups excluding carboxylic acids is 1. The highest BCUT2D eigenvalue weighted by molar-refractivity contribution is 5.80. The molecule has 7 heteroatoms. The van der Waals surface area contributed by atoms with Gasteiger partial charge in [0, 0.05) is 12.3 Å². The van der Waals surface area contributed by atoms with Crippen molar-refractivity contribution in [3.8, 4) is 17.4 Å². The van der Waals surface area contributed by atoms with Gasteiger partial charge in [0.1, 0.15) is 23.3 Å². The summed E-state index contributed by atoms with van der Waals surface area (Å²) in [4.78, 5) is 21.5. The van der Waals surface area contributed by atoms with E-state index in [0.29, 0.717) is 29.2 Å². The lowest BCUT2D eigenvalue weighted by Gasteiger charge is -2.08. The molecule has 0 aliphatic rings. The molecule has 2 heterocycles. The molecule has 3 N–H and O–H groups in total. The quantitative estimate of drug-likeness (QED) is 0.497. The van der Waals surface area contributed by atoms with E-state index in [1.165, 1.54) is 18.5 Å². The number of hydrogen-bond acceptors (Lipinski definition) is 5. The van der Waals surface area contributed by atoms with Gasteiger partial charge in [-0.05, 0) is 18.2 Å². The van der Waals surface area contributed by atoms with Gasteiger partial charge < -0.3 is 20.1 Å². The number of phenols is 1.